The molecule has 0 radical (unpaired) electrons. The van der Waals surface area contributed by atoms with Crippen molar-refractivity contribution in [2.45, 2.75) is 33.0 Å². The third-order valence-corrected chi connectivity index (χ3v) is 2.59. The van der Waals surface area contributed by atoms with Gasteiger partial charge in [0.2, 0.25) is 0 Å². The van der Waals surface area contributed by atoms with Crippen molar-refractivity contribution in [3.05, 3.63) is 29.3 Å². The van der Waals surface area contributed by atoms with Crippen LogP contribution in [0.2, 0.25) is 0 Å². The van der Waals surface area contributed by atoms with Crippen molar-refractivity contribution in [2.75, 3.05) is 20.3 Å². The van der Waals surface area contributed by atoms with Gasteiger partial charge in [-0.2, -0.15) is 0 Å². The summed E-state index contributed by atoms with van der Waals surface area (Å²) in [5.41, 5.74) is 6.90. The van der Waals surface area contributed by atoms with Crippen LogP contribution < -0.4 is 10.5 Å². The number of amidine groups is 1. The molecule has 0 aliphatic heterocycles. The number of rotatable bonds is 7. The minimum atomic E-state index is -0.143. The summed E-state index contributed by atoms with van der Waals surface area (Å²) in [6.45, 7) is 7.61. The Morgan fingerprint density at radius 1 is 1.25 bits per heavy atom. The average Bonchev–Trinajstić information content (AvgIpc) is 2.36. The molecule has 0 bridgehead atoms. The van der Waals surface area contributed by atoms with Gasteiger partial charge in [0.25, 0.3) is 0 Å². The van der Waals surface area contributed by atoms with Crippen molar-refractivity contribution in [2.24, 2.45) is 5.73 Å². The zero-order chi connectivity index (χ0) is 15.2. The van der Waals surface area contributed by atoms with Gasteiger partial charge in [-0.15, -0.1) is 0 Å². The zero-order valence-corrected chi connectivity index (χ0v) is 12.7. The van der Waals surface area contributed by atoms with E-state index in [2.05, 4.69) is 0 Å². The van der Waals surface area contributed by atoms with Crippen LogP contribution in [-0.4, -0.2) is 31.8 Å². The van der Waals surface area contributed by atoms with Crippen LogP contribution in [0.15, 0.2) is 18.2 Å². The maximum absolute atomic E-state index is 7.45. The molecule has 20 heavy (non-hydrogen) atoms. The molecule has 3 N–H and O–H groups in total. The summed E-state index contributed by atoms with van der Waals surface area (Å²) in [5, 5.41) is 7.45. The molecule has 5 heteroatoms. The molecule has 5 nitrogen and oxygen atoms in total. The first-order chi connectivity index (χ1) is 9.33. The van der Waals surface area contributed by atoms with E-state index in [1.807, 2.05) is 32.9 Å². The van der Waals surface area contributed by atoms with Crippen LogP contribution in [-0.2, 0) is 16.1 Å². The second-order valence-electron chi connectivity index (χ2n) is 5.46. The fourth-order valence-electron chi connectivity index (χ4n) is 1.64. The van der Waals surface area contributed by atoms with Crippen LogP contribution in [0, 0.1) is 5.41 Å². The normalized spacial score (nSPS) is 11.4. The van der Waals surface area contributed by atoms with Gasteiger partial charge < -0.3 is 19.9 Å². The number of nitrogens with one attached hydrogen (secondary N) is 1. The quantitative estimate of drug-likeness (QED) is 0.456. The third kappa shape index (κ3) is 5.59. The Labute approximate surface area is 120 Å². The van der Waals surface area contributed by atoms with Gasteiger partial charge in [0, 0.05) is 0 Å². The summed E-state index contributed by atoms with van der Waals surface area (Å²) in [4.78, 5) is 0. The van der Waals surface area contributed by atoms with Gasteiger partial charge in [-0.3, -0.25) is 5.41 Å². The molecule has 0 unspecified atom stereocenters. The molecule has 112 valence electrons. The monoisotopic (exact) mass is 280 g/mol. The Morgan fingerprint density at radius 3 is 2.50 bits per heavy atom. The van der Waals surface area contributed by atoms with E-state index in [0.717, 1.165) is 5.56 Å². The van der Waals surface area contributed by atoms with Crippen molar-refractivity contribution < 1.29 is 14.2 Å². The van der Waals surface area contributed by atoms with Crippen molar-refractivity contribution in [1.29, 1.82) is 5.41 Å². The first-order valence-electron chi connectivity index (χ1n) is 6.56. The fourth-order valence-corrected chi connectivity index (χ4v) is 1.64. The fraction of sp³-hybridized carbons (Fsp3) is 0.533. The van der Waals surface area contributed by atoms with Crippen LogP contribution >= 0.6 is 0 Å². The first kappa shape index (κ1) is 16.5. The third-order valence-electron chi connectivity index (χ3n) is 2.59. The number of ether oxygens (including phenoxy) is 3. The van der Waals surface area contributed by atoms with E-state index in [4.69, 9.17) is 25.4 Å². The molecule has 0 saturated heterocycles. The Morgan fingerprint density at radius 2 is 1.95 bits per heavy atom. The van der Waals surface area contributed by atoms with Crippen LogP contribution in [0.3, 0.4) is 0 Å². The molecule has 0 aliphatic rings. The van der Waals surface area contributed by atoms with E-state index in [9.17, 15) is 0 Å². The van der Waals surface area contributed by atoms with Gasteiger partial charge >= 0.3 is 0 Å². The topological polar surface area (TPSA) is 77.6 Å². The van der Waals surface area contributed by atoms with Gasteiger partial charge in [0.1, 0.15) is 11.6 Å². The highest BCUT2D eigenvalue weighted by molar-refractivity contribution is 5.97. The Balaban J connectivity index is 2.47. The molecule has 1 rings (SSSR count). The zero-order valence-electron chi connectivity index (χ0n) is 12.7. The molecule has 1 aromatic rings. The lowest BCUT2D eigenvalue weighted by Crippen LogP contribution is -2.21. The van der Waals surface area contributed by atoms with E-state index < -0.39 is 0 Å². The number of benzene rings is 1. The number of nitrogen functional groups attached to an aromatic ring is 1. The molecular formula is C15H24N2O3. The highest BCUT2D eigenvalue weighted by Crippen LogP contribution is 2.20. The molecular weight excluding hydrogens is 256 g/mol. The summed E-state index contributed by atoms with van der Waals surface area (Å²) in [6, 6.07) is 5.48. The van der Waals surface area contributed by atoms with Crippen LogP contribution in [0.4, 0.5) is 0 Å². The molecule has 0 amide bonds. The minimum absolute atomic E-state index is 0.00658. The largest absolute Gasteiger partial charge is 0.496 e. The van der Waals surface area contributed by atoms with Crippen molar-refractivity contribution >= 4 is 5.84 Å². The van der Waals surface area contributed by atoms with E-state index in [1.165, 1.54) is 0 Å². The van der Waals surface area contributed by atoms with E-state index in [-0.39, 0.29) is 11.4 Å². The summed E-state index contributed by atoms with van der Waals surface area (Å²) in [5.74, 6) is 0.581. The molecule has 1 aromatic carbocycles. The summed E-state index contributed by atoms with van der Waals surface area (Å²) >= 11 is 0. The second kappa shape index (κ2) is 7.26. The van der Waals surface area contributed by atoms with Gasteiger partial charge in [0.05, 0.1) is 38.1 Å². The Kier molecular flexibility index (Phi) is 5.98. The lowest BCUT2D eigenvalue weighted by molar-refractivity contribution is -0.0376. The maximum Gasteiger partial charge on any atom is 0.130 e. The number of hydrogen-bond donors (Lipinski definition) is 2. The molecule has 0 spiro atoms. The summed E-state index contributed by atoms with van der Waals surface area (Å²) in [6.07, 6.45) is 0. The molecule has 0 heterocycles. The smallest absolute Gasteiger partial charge is 0.130 e. The number of hydrogen-bond acceptors (Lipinski definition) is 4. The average molecular weight is 280 g/mol. The van der Waals surface area contributed by atoms with Crippen LogP contribution in [0.25, 0.3) is 0 Å². The summed E-state index contributed by atoms with van der Waals surface area (Å²) in [7, 11) is 1.56. The molecule has 0 aliphatic carbocycles. The predicted octanol–water partition coefficient (Wildman–Crippen LogP) is 2.31. The molecule has 0 aromatic heterocycles. The van der Waals surface area contributed by atoms with E-state index >= 15 is 0 Å². The predicted molar refractivity (Wildman–Crippen MR) is 79.4 cm³/mol. The van der Waals surface area contributed by atoms with Gasteiger partial charge in [-0.25, -0.2) is 0 Å². The van der Waals surface area contributed by atoms with Crippen molar-refractivity contribution in [1.82, 2.24) is 0 Å². The van der Waals surface area contributed by atoms with Crippen LogP contribution in [0.5, 0.6) is 5.75 Å². The second-order valence-corrected chi connectivity index (χ2v) is 5.46. The molecule has 0 atom stereocenters. The molecule has 0 saturated carbocycles. The highest BCUT2D eigenvalue weighted by atomic mass is 16.5. The SMILES string of the molecule is COc1cc(COCCOC(C)(C)C)ccc1C(=N)N. The number of nitrogens with two attached hydrogens (primary N) is 1. The standard InChI is InChI=1S/C15H24N2O3/c1-15(2,3)20-8-7-19-10-11-5-6-12(14(16)17)13(9-11)18-4/h5-6,9H,7-8,10H2,1-4H3,(H3,16,17). The summed E-state index contributed by atoms with van der Waals surface area (Å²) < 4.78 is 16.3. The lowest BCUT2D eigenvalue weighted by Gasteiger charge is -2.19. The van der Waals surface area contributed by atoms with E-state index in [1.54, 1.807) is 13.2 Å². The van der Waals surface area contributed by atoms with E-state index in [0.29, 0.717) is 31.1 Å². The highest BCUT2D eigenvalue weighted by Gasteiger charge is 2.09. The van der Waals surface area contributed by atoms with Crippen LogP contribution in [0.1, 0.15) is 31.9 Å². The molecule has 0 fully saturated rings. The van der Waals surface area contributed by atoms with Gasteiger partial charge in [0.15, 0.2) is 0 Å². The van der Waals surface area contributed by atoms with Crippen molar-refractivity contribution in [3.8, 4) is 5.75 Å². The first-order valence-corrected chi connectivity index (χ1v) is 6.56. The minimum Gasteiger partial charge on any atom is -0.496 e. The van der Waals surface area contributed by atoms with Gasteiger partial charge in [-0.1, -0.05) is 6.07 Å². The Bertz CT molecular complexity index is 453. The van der Waals surface area contributed by atoms with Gasteiger partial charge in [-0.05, 0) is 38.5 Å². The number of methoxy groups -OCH3 is 1. The maximum atomic E-state index is 7.45. The lowest BCUT2D eigenvalue weighted by atomic mass is 10.1. The van der Waals surface area contributed by atoms with Crippen molar-refractivity contribution in [3.63, 3.8) is 0 Å². The Hall–Kier alpha value is -1.59.